The zero-order valence-corrected chi connectivity index (χ0v) is 12.8. The van der Waals surface area contributed by atoms with Crippen LogP contribution in [0.25, 0.3) is 16.6 Å². The number of fused-ring (bicyclic) bond motifs is 1. The molecule has 0 aliphatic rings. The van der Waals surface area contributed by atoms with Crippen LogP contribution in [0.1, 0.15) is 0 Å². The number of sulfonamides is 1. The molecule has 0 aliphatic heterocycles. The summed E-state index contributed by atoms with van der Waals surface area (Å²) in [6, 6.07) is 6.55. The van der Waals surface area contributed by atoms with Crippen LogP contribution in [0.3, 0.4) is 0 Å². The smallest absolute Gasteiger partial charge is 0.240 e. The Morgan fingerprint density at radius 1 is 1.10 bits per heavy atom. The third kappa shape index (κ3) is 2.63. The minimum Gasteiger partial charge on any atom is -0.314 e. The molecule has 2 N–H and O–H groups in total. The third-order valence-electron chi connectivity index (χ3n) is 3.01. The quantitative estimate of drug-likeness (QED) is 0.778. The van der Waals surface area contributed by atoms with Crippen LogP contribution in [0.5, 0.6) is 0 Å². The minimum atomic E-state index is -3.86. The van der Waals surface area contributed by atoms with E-state index < -0.39 is 10.0 Å². The van der Waals surface area contributed by atoms with E-state index in [1.807, 2.05) is 0 Å². The van der Waals surface area contributed by atoms with Gasteiger partial charge in [0.2, 0.25) is 10.0 Å². The molecular formula is C13H9Cl2N3O2S. The number of benzene rings is 1. The van der Waals surface area contributed by atoms with Crippen molar-refractivity contribution in [3.63, 3.8) is 0 Å². The van der Waals surface area contributed by atoms with E-state index in [0.717, 1.165) is 0 Å². The summed E-state index contributed by atoms with van der Waals surface area (Å²) in [6.45, 7) is 0. The number of halogens is 2. The lowest BCUT2D eigenvalue weighted by Crippen LogP contribution is -2.11. The molecule has 3 rings (SSSR count). The van der Waals surface area contributed by atoms with Crippen LogP contribution in [0.4, 0.5) is 0 Å². The SMILES string of the molecule is NS(=O)(=O)c1cn(-c2cncc(Cl)c2)c2cc(Cl)ccc12. The Hall–Kier alpha value is -1.60. The van der Waals surface area contributed by atoms with Crippen molar-refractivity contribution in [2.24, 2.45) is 5.14 Å². The van der Waals surface area contributed by atoms with E-state index in [0.29, 0.717) is 26.6 Å². The van der Waals surface area contributed by atoms with Crippen molar-refractivity contribution in [2.75, 3.05) is 0 Å². The fraction of sp³-hybridized carbons (Fsp3) is 0. The topological polar surface area (TPSA) is 78.0 Å². The molecule has 2 aromatic heterocycles. The average Bonchev–Trinajstić information content (AvgIpc) is 2.77. The van der Waals surface area contributed by atoms with Crippen molar-refractivity contribution in [2.45, 2.75) is 4.90 Å². The summed E-state index contributed by atoms with van der Waals surface area (Å²) in [5.74, 6) is 0. The lowest BCUT2D eigenvalue weighted by atomic mass is 10.2. The number of pyridine rings is 1. The van der Waals surface area contributed by atoms with Crippen LogP contribution in [-0.2, 0) is 10.0 Å². The maximum atomic E-state index is 11.7. The van der Waals surface area contributed by atoms with Gasteiger partial charge in [0.05, 0.1) is 22.4 Å². The number of nitrogens with two attached hydrogens (primary N) is 1. The Kier molecular flexibility index (Phi) is 3.41. The van der Waals surface area contributed by atoms with Crippen molar-refractivity contribution in [1.82, 2.24) is 9.55 Å². The number of nitrogens with zero attached hydrogens (tertiary/aromatic N) is 2. The summed E-state index contributed by atoms with van der Waals surface area (Å²) in [5, 5.41) is 6.68. The highest BCUT2D eigenvalue weighted by molar-refractivity contribution is 7.89. The first-order valence-electron chi connectivity index (χ1n) is 5.80. The van der Waals surface area contributed by atoms with E-state index in [4.69, 9.17) is 28.3 Å². The highest BCUT2D eigenvalue weighted by Crippen LogP contribution is 2.30. The Morgan fingerprint density at radius 2 is 1.86 bits per heavy atom. The van der Waals surface area contributed by atoms with Gasteiger partial charge in [-0.2, -0.15) is 0 Å². The third-order valence-corrected chi connectivity index (χ3v) is 4.39. The predicted octanol–water partition coefficient (Wildman–Crippen LogP) is 2.98. The van der Waals surface area contributed by atoms with Gasteiger partial charge in [-0.3, -0.25) is 4.98 Å². The first kappa shape index (κ1) is 14.3. The Labute approximate surface area is 131 Å². The molecule has 0 aliphatic carbocycles. The van der Waals surface area contributed by atoms with Crippen LogP contribution < -0.4 is 5.14 Å². The molecule has 0 amide bonds. The van der Waals surface area contributed by atoms with Gasteiger partial charge in [-0.15, -0.1) is 0 Å². The second-order valence-corrected chi connectivity index (χ2v) is 6.83. The van der Waals surface area contributed by atoms with Gasteiger partial charge in [-0.1, -0.05) is 23.2 Å². The second kappa shape index (κ2) is 4.99. The standard InChI is InChI=1S/C13H9Cl2N3O2S/c14-8-1-2-11-12(4-8)18(7-13(11)21(16,19)20)10-3-9(15)5-17-6-10/h1-7H,(H2,16,19,20). The number of primary sulfonamides is 1. The van der Waals surface area contributed by atoms with Gasteiger partial charge in [0.1, 0.15) is 4.90 Å². The van der Waals surface area contributed by atoms with Gasteiger partial charge in [-0.25, -0.2) is 13.6 Å². The van der Waals surface area contributed by atoms with Crippen molar-refractivity contribution < 1.29 is 8.42 Å². The first-order valence-corrected chi connectivity index (χ1v) is 8.11. The zero-order chi connectivity index (χ0) is 15.2. The van der Waals surface area contributed by atoms with Gasteiger partial charge in [0.25, 0.3) is 0 Å². The van der Waals surface area contributed by atoms with E-state index in [-0.39, 0.29) is 4.90 Å². The molecule has 0 saturated carbocycles. The molecule has 2 heterocycles. The summed E-state index contributed by atoms with van der Waals surface area (Å²) in [5.41, 5.74) is 1.22. The highest BCUT2D eigenvalue weighted by atomic mass is 35.5. The molecule has 108 valence electrons. The Balaban J connectivity index is 2.40. The normalized spacial score (nSPS) is 12.0. The number of rotatable bonds is 2. The predicted molar refractivity (Wildman–Crippen MR) is 82.5 cm³/mol. The van der Waals surface area contributed by atoms with E-state index >= 15 is 0 Å². The van der Waals surface area contributed by atoms with Crippen molar-refractivity contribution in [3.05, 3.63) is 52.9 Å². The second-order valence-electron chi connectivity index (χ2n) is 4.43. The minimum absolute atomic E-state index is 0.0224. The van der Waals surface area contributed by atoms with E-state index in [1.165, 1.54) is 12.4 Å². The monoisotopic (exact) mass is 341 g/mol. The van der Waals surface area contributed by atoms with Crippen molar-refractivity contribution in [1.29, 1.82) is 0 Å². The molecule has 3 aromatic rings. The number of hydrogen-bond donors (Lipinski definition) is 1. The Morgan fingerprint density at radius 3 is 2.52 bits per heavy atom. The molecule has 1 aromatic carbocycles. The van der Waals surface area contributed by atoms with Crippen LogP contribution in [0.15, 0.2) is 47.8 Å². The largest absolute Gasteiger partial charge is 0.314 e. The molecule has 8 heteroatoms. The maximum Gasteiger partial charge on any atom is 0.240 e. The van der Waals surface area contributed by atoms with E-state index in [1.54, 1.807) is 35.0 Å². The van der Waals surface area contributed by atoms with Crippen molar-refractivity contribution >= 4 is 44.1 Å². The van der Waals surface area contributed by atoms with Crippen LogP contribution >= 0.6 is 23.2 Å². The van der Waals surface area contributed by atoms with Gasteiger partial charge in [-0.05, 0) is 24.3 Å². The summed E-state index contributed by atoms with van der Waals surface area (Å²) in [7, 11) is -3.86. The van der Waals surface area contributed by atoms with Crippen LogP contribution in [0.2, 0.25) is 10.0 Å². The van der Waals surface area contributed by atoms with Crippen LogP contribution in [0, 0.1) is 0 Å². The molecule has 0 unspecified atom stereocenters. The molecule has 0 fully saturated rings. The van der Waals surface area contributed by atoms with Gasteiger partial charge < -0.3 is 4.57 Å². The maximum absolute atomic E-state index is 11.7. The fourth-order valence-corrected chi connectivity index (χ4v) is 3.21. The summed E-state index contributed by atoms with van der Waals surface area (Å²) in [4.78, 5) is 4.02. The van der Waals surface area contributed by atoms with E-state index in [2.05, 4.69) is 4.98 Å². The summed E-state index contributed by atoms with van der Waals surface area (Å²) < 4.78 is 25.1. The first-order chi connectivity index (χ1) is 9.86. The van der Waals surface area contributed by atoms with Gasteiger partial charge >= 0.3 is 0 Å². The van der Waals surface area contributed by atoms with Gasteiger partial charge in [0, 0.05) is 22.8 Å². The lowest BCUT2D eigenvalue weighted by Gasteiger charge is -2.05. The molecule has 0 radical (unpaired) electrons. The fourth-order valence-electron chi connectivity index (χ4n) is 2.14. The molecule has 5 nitrogen and oxygen atoms in total. The summed E-state index contributed by atoms with van der Waals surface area (Å²) in [6.07, 6.45) is 4.49. The molecule has 0 saturated heterocycles. The Bertz CT molecular complexity index is 951. The molecule has 0 spiro atoms. The zero-order valence-electron chi connectivity index (χ0n) is 10.5. The molecule has 0 atom stereocenters. The molecule has 21 heavy (non-hydrogen) atoms. The van der Waals surface area contributed by atoms with Crippen molar-refractivity contribution in [3.8, 4) is 5.69 Å². The number of hydrogen-bond acceptors (Lipinski definition) is 3. The van der Waals surface area contributed by atoms with Gasteiger partial charge in [0.15, 0.2) is 0 Å². The lowest BCUT2D eigenvalue weighted by molar-refractivity contribution is 0.598. The highest BCUT2D eigenvalue weighted by Gasteiger charge is 2.18. The summed E-state index contributed by atoms with van der Waals surface area (Å²) >= 11 is 11.9. The van der Waals surface area contributed by atoms with E-state index in [9.17, 15) is 8.42 Å². The number of aromatic nitrogens is 2. The van der Waals surface area contributed by atoms with Crippen LogP contribution in [-0.4, -0.2) is 18.0 Å². The average molecular weight is 342 g/mol. The molecule has 0 bridgehead atoms. The molecular weight excluding hydrogens is 333 g/mol.